The second-order valence-corrected chi connectivity index (χ2v) is 5.22. The highest BCUT2D eigenvalue weighted by atomic mass is 15.2. The fourth-order valence-electron chi connectivity index (χ4n) is 2.17. The maximum atomic E-state index is 3.58. The van der Waals surface area contributed by atoms with E-state index in [1.165, 1.54) is 32.2 Å². The van der Waals surface area contributed by atoms with Crippen molar-refractivity contribution in [2.75, 3.05) is 20.1 Å². The zero-order chi connectivity index (χ0) is 11.3. The molecule has 0 aromatic carbocycles. The molecule has 0 aliphatic heterocycles. The van der Waals surface area contributed by atoms with Crippen LogP contribution in [0.15, 0.2) is 0 Å². The Morgan fingerprint density at radius 3 is 2.47 bits per heavy atom. The van der Waals surface area contributed by atoms with Crippen molar-refractivity contribution >= 4 is 0 Å². The lowest BCUT2D eigenvalue weighted by Gasteiger charge is -2.36. The van der Waals surface area contributed by atoms with Crippen LogP contribution in [0, 0.1) is 5.92 Å². The Kier molecular flexibility index (Phi) is 5.62. The third-order valence-electron chi connectivity index (χ3n) is 3.91. The molecule has 1 rings (SSSR count). The van der Waals surface area contributed by atoms with E-state index in [-0.39, 0.29) is 0 Å². The van der Waals surface area contributed by atoms with Gasteiger partial charge in [-0.3, -0.25) is 0 Å². The molecule has 1 N–H and O–H groups in total. The first-order valence-electron chi connectivity index (χ1n) is 6.58. The molecule has 0 saturated heterocycles. The molecule has 0 bridgehead atoms. The van der Waals surface area contributed by atoms with Crippen LogP contribution < -0.4 is 5.32 Å². The summed E-state index contributed by atoms with van der Waals surface area (Å²) in [6, 6.07) is 1.26. The summed E-state index contributed by atoms with van der Waals surface area (Å²) in [4.78, 5) is 2.52. The number of nitrogens with one attached hydrogen (secondary N) is 1. The van der Waals surface area contributed by atoms with Gasteiger partial charge in [-0.1, -0.05) is 13.3 Å². The van der Waals surface area contributed by atoms with Gasteiger partial charge in [-0.05, 0) is 52.6 Å². The molecular weight excluding hydrogens is 184 g/mol. The topological polar surface area (TPSA) is 15.3 Å². The molecule has 15 heavy (non-hydrogen) atoms. The van der Waals surface area contributed by atoms with Crippen molar-refractivity contribution in [2.45, 2.75) is 58.5 Å². The van der Waals surface area contributed by atoms with Crippen LogP contribution in [0.1, 0.15) is 46.5 Å². The van der Waals surface area contributed by atoms with Crippen molar-refractivity contribution in [3.05, 3.63) is 0 Å². The molecule has 2 heteroatoms. The molecule has 1 fully saturated rings. The molecular formula is C13H28N2. The Bertz CT molecular complexity index is 166. The summed E-state index contributed by atoms with van der Waals surface area (Å²) in [5.41, 5.74) is 0. The number of likely N-dealkylation sites (N-methyl/N-ethyl adjacent to an activating group) is 1. The third-order valence-corrected chi connectivity index (χ3v) is 3.91. The number of hydrogen-bond acceptors (Lipinski definition) is 2. The molecule has 0 heterocycles. The Balaban J connectivity index is 2.20. The van der Waals surface area contributed by atoms with Crippen molar-refractivity contribution < 1.29 is 0 Å². The smallest absolute Gasteiger partial charge is 0.0215 e. The van der Waals surface area contributed by atoms with Crippen molar-refractivity contribution in [1.82, 2.24) is 10.2 Å². The Morgan fingerprint density at radius 1 is 1.33 bits per heavy atom. The minimum absolute atomic E-state index is 0.607. The van der Waals surface area contributed by atoms with E-state index in [1.807, 2.05) is 0 Å². The molecule has 0 radical (unpaired) electrons. The number of hydrogen-bond donors (Lipinski definition) is 1. The van der Waals surface area contributed by atoms with Crippen LogP contribution in [0.25, 0.3) is 0 Å². The first-order chi connectivity index (χ1) is 7.15. The fourth-order valence-corrected chi connectivity index (χ4v) is 2.17. The summed E-state index contributed by atoms with van der Waals surface area (Å²) in [6.45, 7) is 9.30. The zero-order valence-corrected chi connectivity index (χ0v) is 10.9. The molecule has 1 aliphatic rings. The molecule has 1 saturated carbocycles. The molecule has 2 nitrogen and oxygen atoms in total. The van der Waals surface area contributed by atoms with Gasteiger partial charge in [0.15, 0.2) is 0 Å². The number of nitrogens with zero attached hydrogens (tertiary/aromatic N) is 1. The van der Waals surface area contributed by atoms with Gasteiger partial charge in [0, 0.05) is 18.6 Å². The Labute approximate surface area is 95.4 Å². The first kappa shape index (κ1) is 13.0. The summed E-state index contributed by atoms with van der Waals surface area (Å²) in [7, 11) is 2.27. The molecule has 0 amide bonds. The normalized spacial score (nSPS) is 21.4. The highest BCUT2D eigenvalue weighted by Gasteiger charge is 2.23. The summed E-state index contributed by atoms with van der Waals surface area (Å²) in [6.07, 6.45) is 5.58. The highest BCUT2D eigenvalue weighted by Crippen LogP contribution is 2.27. The standard InChI is InChI=1S/C13H28N2/c1-5-9-14-11(2)12(3)15(4)10-13-7-6-8-13/h11-14H,5-10H2,1-4H3. The molecule has 0 aromatic rings. The van der Waals surface area contributed by atoms with E-state index >= 15 is 0 Å². The van der Waals surface area contributed by atoms with Crippen LogP contribution in [-0.4, -0.2) is 37.1 Å². The van der Waals surface area contributed by atoms with E-state index in [1.54, 1.807) is 0 Å². The van der Waals surface area contributed by atoms with Gasteiger partial charge in [-0.2, -0.15) is 0 Å². The van der Waals surface area contributed by atoms with E-state index in [9.17, 15) is 0 Å². The van der Waals surface area contributed by atoms with E-state index in [4.69, 9.17) is 0 Å². The van der Waals surface area contributed by atoms with Crippen LogP contribution in [0.5, 0.6) is 0 Å². The van der Waals surface area contributed by atoms with Gasteiger partial charge < -0.3 is 10.2 Å². The average Bonchev–Trinajstić information content (AvgIpc) is 2.18. The summed E-state index contributed by atoms with van der Waals surface area (Å²) < 4.78 is 0. The minimum atomic E-state index is 0.607. The second kappa shape index (κ2) is 6.49. The Morgan fingerprint density at radius 2 is 2.00 bits per heavy atom. The van der Waals surface area contributed by atoms with E-state index in [0.29, 0.717) is 12.1 Å². The van der Waals surface area contributed by atoms with Gasteiger partial charge in [0.2, 0.25) is 0 Å². The van der Waals surface area contributed by atoms with Gasteiger partial charge in [0.25, 0.3) is 0 Å². The summed E-state index contributed by atoms with van der Waals surface area (Å²) in [5.74, 6) is 0.982. The highest BCUT2D eigenvalue weighted by molar-refractivity contribution is 4.79. The monoisotopic (exact) mass is 212 g/mol. The van der Waals surface area contributed by atoms with Crippen LogP contribution in [0.2, 0.25) is 0 Å². The van der Waals surface area contributed by atoms with Crippen molar-refractivity contribution in [3.63, 3.8) is 0 Å². The quantitative estimate of drug-likeness (QED) is 0.697. The molecule has 0 spiro atoms. The first-order valence-corrected chi connectivity index (χ1v) is 6.58. The van der Waals surface area contributed by atoms with Gasteiger partial charge in [0.1, 0.15) is 0 Å². The van der Waals surface area contributed by atoms with E-state index in [2.05, 4.69) is 38.0 Å². The molecule has 2 unspecified atom stereocenters. The maximum absolute atomic E-state index is 3.58. The van der Waals surface area contributed by atoms with Crippen LogP contribution >= 0.6 is 0 Å². The van der Waals surface area contributed by atoms with Gasteiger partial charge in [-0.25, -0.2) is 0 Å². The second-order valence-electron chi connectivity index (χ2n) is 5.22. The predicted octanol–water partition coefficient (Wildman–Crippen LogP) is 2.49. The number of rotatable bonds is 7. The average molecular weight is 212 g/mol. The zero-order valence-electron chi connectivity index (χ0n) is 10.9. The van der Waals surface area contributed by atoms with E-state index in [0.717, 1.165) is 12.5 Å². The summed E-state index contributed by atoms with van der Waals surface area (Å²) in [5, 5.41) is 3.58. The molecule has 0 aromatic heterocycles. The SMILES string of the molecule is CCCNC(C)C(C)N(C)CC1CCC1. The van der Waals surface area contributed by atoms with Crippen molar-refractivity contribution in [1.29, 1.82) is 0 Å². The largest absolute Gasteiger partial charge is 0.313 e. The summed E-state index contributed by atoms with van der Waals surface area (Å²) >= 11 is 0. The molecule has 1 aliphatic carbocycles. The van der Waals surface area contributed by atoms with Crippen molar-refractivity contribution in [2.24, 2.45) is 5.92 Å². The van der Waals surface area contributed by atoms with Crippen LogP contribution in [-0.2, 0) is 0 Å². The Hall–Kier alpha value is -0.0800. The lowest BCUT2D eigenvalue weighted by Crippen LogP contribution is -2.47. The fraction of sp³-hybridized carbons (Fsp3) is 1.00. The molecule has 90 valence electrons. The van der Waals surface area contributed by atoms with Gasteiger partial charge >= 0.3 is 0 Å². The predicted molar refractivity (Wildman–Crippen MR) is 67.2 cm³/mol. The lowest BCUT2D eigenvalue weighted by molar-refractivity contribution is 0.149. The van der Waals surface area contributed by atoms with Gasteiger partial charge in [-0.15, -0.1) is 0 Å². The van der Waals surface area contributed by atoms with Crippen LogP contribution in [0.4, 0.5) is 0 Å². The van der Waals surface area contributed by atoms with Crippen LogP contribution in [0.3, 0.4) is 0 Å². The maximum Gasteiger partial charge on any atom is 0.0215 e. The minimum Gasteiger partial charge on any atom is -0.313 e. The third kappa shape index (κ3) is 4.12. The van der Waals surface area contributed by atoms with E-state index < -0.39 is 0 Å². The lowest BCUT2D eigenvalue weighted by atomic mass is 9.85. The molecule has 2 atom stereocenters. The van der Waals surface area contributed by atoms with Crippen molar-refractivity contribution in [3.8, 4) is 0 Å². The van der Waals surface area contributed by atoms with Gasteiger partial charge in [0.05, 0.1) is 0 Å².